The van der Waals surface area contributed by atoms with E-state index in [0.717, 1.165) is 0 Å². The van der Waals surface area contributed by atoms with Crippen molar-refractivity contribution < 1.29 is 27.6 Å². The van der Waals surface area contributed by atoms with Gasteiger partial charge in [-0.1, -0.05) is 30.3 Å². The third-order valence-electron chi connectivity index (χ3n) is 3.18. The van der Waals surface area contributed by atoms with Gasteiger partial charge in [-0.3, -0.25) is 10.1 Å². The quantitative estimate of drug-likeness (QED) is 0.515. The number of halogens is 3. The van der Waals surface area contributed by atoms with Gasteiger partial charge >= 0.3 is 6.36 Å². The van der Waals surface area contributed by atoms with Crippen molar-refractivity contribution in [2.75, 3.05) is 7.11 Å². The third-order valence-corrected chi connectivity index (χ3v) is 3.18. The molecule has 0 saturated carbocycles. The lowest BCUT2D eigenvalue weighted by Gasteiger charge is -2.19. The predicted octanol–water partition coefficient (Wildman–Crippen LogP) is 3.32. The molecule has 0 saturated heterocycles. The van der Waals surface area contributed by atoms with E-state index in [1.807, 2.05) is 0 Å². The summed E-state index contributed by atoms with van der Waals surface area (Å²) < 4.78 is 47.3. The molecule has 6 nitrogen and oxygen atoms in total. The van der Waals surface area contributed by atoms with Gasteiger partial charge in [-0.25, -0.2) is 0 Å². The maximum Gasteiger partial charge on any atom is 0.573 e. The molecule has 2 N–H and O–H groups in total. The molecular weight excluding hydrogens is 329 g/mol. The number of ether oxygens (including phenoxy) is 2. The molecule has 24 heavy (non-hydrogen) atoms. The molecule has 0 spiro atoms. The van der Waals surface area contributed by atoms with E-state index in [9.17, 15) is 23.3 Å². The molecule has 1 aromatic rings. The molecule has 0 radical (unpaired) electrons. The lowest BCUT2D eigenvalue weighted by atomic mass is 9.97. The molecule has 0 aromatic heterocycles. The highest BCUT2D eigenvalue weighted by Crippen LogP contribution is 2.36. The monoisotopic (exact) mass is 342 g/mol. The van der Waals surface area contributed by atoms with Crippen LogP contribution in [0.1, 0.15) is 12.0 Å². The maximum atomic E-state index is 12.8. The van der Waals surface area contributed by atoms with Gasteiger partial charge in [-0.2, -0.15) is 0 Å². The standard InChI is InChI=1S/C15H13F3N2O4/c1-23-14-11(19)7-10(8-12(14)20(21)22)13(24-15(16,17)18)9-5-3-2-4-6-9/h2-7H,8,19H2,1H3. The van der Waals surface area contributed by atoms with Crippen LogP contribution in [0.4, 0.5) is 13.2 Å². The predicted molar refractivity (Wildman–Crippen MR) is 78.4 cm³/mol. The van der Waals surface area contributed by atoms with Crippen molar-refractivity contribution in [1.82, 2.24) is 0 Å². The van der Waals surface area contributed by atoms with Gasteiger partial charge in [-0.05, 0) is 6.08 Å². The number of nitro groups is 1. The molecule has 9 heteroatoms. The number of allylic oxidation sites excluding steroid dienone is 2. The first-order valence-electron chi connectivity index (χ1n) is 6.66. The Morgan fingerprint density at radius 3 is 2.42 bits per heavy atom. The number of nitrogens with zero attached hydrogens (tertiary/aromatic N) is 1. The van der Waals surface area contributed by atoms with E-state index in [0.29, 0.717) is 0 Å². The summed E-state index contributed by atoms with van der Waals surface area (Å²) in [6.45, 7) is 0. The van der Waals surface area contributed by atoms with Crippen LogP contribution in [0.3, 0.4) is 0 Å². The van der Waals surface area contributed by atoms with Crippen LogP contribution in [0.25, 0.3) is 5.76 Å². The summed E-state index contributed by atoms with van der Waals surface area (Å²) in [6, 6.07) is 7.47. The van der Waals surface area contributed by atoms with Crippen molar-refractivity contribution in [2.45, 2.75) is 12.8 Å². The van der Waals surface area contributed by atoms with E-state index in [1.54, 1.807) is 6.07 Å². The Bertz CT molecular complexity index is 737. The zero-order valence-electron chi connectivity index (χ0n) is 12.5. The second-order valence-electron chi connectivity index (χ2n) is 4.78. The average Bonchev–Trinajstić information content (AvgIpc) is 2.51. The van der Waals surface area contributed by atoms with Crippen LogP contribution in [0, 0.1) is 10.1 Å². The fourth-order valence-electron chi connectivity index (χ4n) is 2.28. The Morgan fingerprint density at radius 1 is 1.29 bits per heavy atom. The topological polar surface area (TPSA) is 87.6 Å². The fourth-order valence-corrected chi connectivity index (χ4v) is 2.28. The maximum absolute atomic E-state index is 12.8. The van der Waals surface area contributed by atoms with Crippen LogP contribution < -0.4 is 5.73 Å². The molecule has 0 fully saturated rings. The number of benzene rings is 1. The SMILES string of the molecule is COC1=C([N+](=O)[O-])CC(=C(OC(F)(F)F)c2ccccc2)C=C1N. The van der Waals surface area contributed by atoms with Crippen LogP contribution in [0.15, 0.2) is 59.1 Å². The van der Waals surface area contributed by atoms with Gasteiger partial charge in [0.2, 0.25) is 5.76 Å². The molecule has 0 bridgehead atoms. The highest BCUT2D eigenvalue weighted by atomic mass is 19.4. The molecule has 0 amide bonds. The summed E-state index contributed by atoms with van der Waals surface area (Å²) >= 11 is 0. The van der Waals surface area contributed by atoms with Crippen molar-refractivity contribution in [3.8, 4) is 0 Å². The zero-order chi connectivity index (χ0) is 17.9. The third kappa shape index (κ3) is 3.86. The zero-order valence-corrected chi connectivity index (χ0v) is 12.5. The average molecular weight is 342 g/mol. The lowest BCUT2D eigenvalue weighted by molar-refractivity contribution is -0.430. The van der Waals surface area contributed by atoms with Crippen molar-refractivity contribution in [3.63, 3.8) is 0 Å². The number of nitrogens with two attached hydrogens (primary N) is 1. The minimum atomic E-state index is -4.96. The Morgan fingerprint density at radius 2 is 1.92 bits per heavy atom. The lowest BCUT2D eigenvalue weighted by Crippen LogP contribution is -2.19. The normalized spacial score (nSPS) is 17.2. The highest BCUT2D eigenvalue weighted by molar-refractivity contribution is 5.68. The summed E-state index contributed by atoms with van der Waals surface area (Å²) in [5.74, 6) is -0.719. The minimum absolute atomic E-state index is 0.0662. The summed E-state index contributed by atoms with van der Waals surface area (Å²) in [5, 5.41) is 11.2. The summed E-state index contributed by atoms with van der Waals surface area (Å²) in [5.41, 5.74) is 5.16. The first kappa shape index (κ1) is 17.4. The number of hydrogen-bond acceptors (Lipinski definition) is 5. The van der Waals surface area contributed by atoms with Gasteiger partial charge in [0.05, 0.1) is 24.2 Å². The van der Waals surface area contributed by atoms with Crippen LogP contribution in [0.5, 0.6) is 0 Å². The largest absolute Gasteiger partial charge is 0.573 e. The van der Waals surface area contributed by atoms with Crippen LogP contribution in [-0.2, 0) is 9.47 Å². The van der Waals surface area contributed by atoms with Gasteiger partial charge in [-0.15, -0.1) is 13.2 Å². The Hall–Kier alpha value is -2.97. The molecule has 1 aliphatic carbocycles. The van der Waals surface area contributed by atoms with Gasteiger partial charge in [0.1, 0.15) is 5.76 Å². The molecular formula is C15H13F3N2O4. The second-order valence-corrected chi connectivity index (χ2v) is 4.78. The first-order valence-corrected chi connectivity index (χ1v) is 6.66. The smallest absolute Gasteiger partial charge is 0.489 e. The fraction of sp³-hybridized carbons (Fsp3) is 0.200. The Kier molecular flexibility index (Phi) is 4.82. The van der Waals surface area contributed by atoms with E-state index >= 15 is 0 Å². The first-order chi connectivity index (χ1) is 11.2. The van der Waals surface area contributed by atoms with E-state index in [1.165, 1.54) is 37.5 Å². The number of methoxy groups -OCH3 is 1. The van der Waals surface area contributed by atoms with Gasteiger partial charge in [0, 0.05) is 11.1 Å². The molecule has 0 heterocycles. The summed E-state index contributed by atoms with van der Waals surface area (Å²) in [7, 11) is 1.19. The van der Waals surface area contributed by atoms with E-state index in [2.05, 4.69) is 4.74 Å². The van der Waals surface area contributed by atoms with Crippen molar-refractivity contribution in [2.24, 2.45) is 5.73 Å². The molecule has 128 valence electrons. The van der Waals surface area contributed by atoms with Gasteiger partial charge in [0.25, 0.3) is 5.70 Å². The van der Waals surface area contributed by atoms with Crippen molar-refractivity contribution >= 4 is 5.76 Å². The Labute approximate surface area is 134 Å². The van der Waals surface area contributed by atoms with Gasteiger partial charge < -0.3 is 15.2 Å². The number of rotatable bonds is 4. The van der Waals surface area contributed by atoms with E-state index in [4.69, 9.17) is 10.5 Å². The highest BCUT2D eigenvalue weighted by Gasteiger charge is 2.36. The number of hydrogen-bond donors (Lipinski definition) is 1. The summed E-state index contributed by atoms with van der Waals surface area (Å²) in [6.07, 6.45) is -4.20. The summed E-state index contributed by atoms with van der Waals surface area (Å²) in [4.78, 5) is 10.4. The number of alkyl halides is 3. The molecule has 0 aliphatic heterocycles. The van der Waals surface area contributed by atoms with Crippen LogP contribution in [0.2, 0.25) is 0 Å². The molecule has 0 atom stereocenters. The van der Waals surface area contributed by atoms with Crippen LogP contribution >= 0.6 is 0 Å². The second kappa shape index (κ2) is 6.65. The Balaban J connectivity index is 2.60. The van der Waals surface area contributed by atoms with E-state index < -0.39 is 29.2 Å². The minimum Gasteiger partial charge on any atom is -0.489 e. The van der Waals surface area contributed by atoms with Crippen molar-refractivity contribution in [1.29, 1.82) is 0 Å². The molecule has 1 aromatic carbocycles. The molecule has 1 aliphatic rings. The van der Waals surface area contributed by atoms with Crippen molar-refractivity contribution in [3.05, 3.63) is 74.8 Å². The van der Waals surface area contributed by atoms with Crippen LogP contribution in [-0.4, -0.2) is 18.4 Å². The molecule has 0 unspecified atom stereocenters. The molecule has 2 rings (SSSR count). The van der Waals surface area contributed by atoms with E-state index in [-0.39, 0.29) is 22.6 Å². The van der Waals surface area contributed by atoms with Gasteiger partial charge in [0.15, 0.2) is 0 Å².